The van der Waals surface area contributed by atoms with Crippen molar-refractivity contribution in [3.63, 3.8) is 0 Å². The molecule has 0 saturated heterocycles. The number of nitrogens with zero attached hydrogens (tertiary/aromatic N) is 2. The van der Waals surface area contributed by atoms with E-state index in [1.54, 1.807) is 0 Å². The molecule has 0 bridgehead atoms. The minimum absolute atomic E-state index is 0.0457. The summed E-state index contributed by atoms with van der Waals surface area (Å²) in [5, 5.41) is 0. The van der Waals surface area contributed by atoms with E-state index in [9.17, 15) is 0 Å². The van der Waals surface area contributed by atoms with Crippen LogP contribution in [-0.4, -0.2) is 6.71 Å². The monoisotopic (exact) mass is 1060 g/mol. The van der Waals surface area contributed by atoms with Crippen LogP contribution in [0.5, 0.6) is 0 Å². The normalized spacial score (nSPS) is 13.7. The van der Waals surface area contributed by atoms with Crippen molar-refractivity contribution in [3.05, 3.63) is 221 Å². The maximum absolute atomic E-state index is 2.62. The highest BCUT2D eigenvalue weighted by Gasteiger charge is 2.45. The zero-order valence-electron chi connectivity index (χ0n) is 51.9. The molecule has 410 valence electrons. The van der Waals surface area contributed by atoms with Crippen LogP contribution in [0.25, 0.3) is 44.5 Å². The van der Waals surface area contributed by atoms with E-state index >= 15 is 0 Å². The second kappa shape index (κ2) is 19.7. The van der Waals surface area contributed by atoms with Crippen molar-refractivity contribution in [1.29, 1.82) is 0 Å². The highest BCUT2D eigenvalue weighted by Crippen LogP contribution is 2.50. The number of rotatable bonds is 6. The van der Waals surface area contributed by atoms with E-state index < -0.39 is 0 Å². The fourth-order valence-corrected chi connectivity index (χ4v) is 12.7. The van der Waals surface area contributed by atoms with Gasteiger partial charge in [0, 0.05) is 33.9 Å². The molecule has 0 amide bonds. The van der Waals surface area contributed by atoms with Crippen molar-refractivity contribution < 1.29 is 0 Å². The Morgan fingerprint density at radius 1 is 0.247 bits per heavy atom. The number of fused-ring (bicyclic) bond motifs is 4. The van der Waals surface area contributed by atoms with Crippen LogP contribution in [-0.2, 0) is 32.5 Å². The maximum atomic E-state index is 2.62. The van der Waals surface area contributed by atoms with Gasteiger partial charge in [-0.1, -0.05) is 276 Å². The molecule has 0 aromatic heterocycles. The lowest BCUT2D eigenvalue weighted by Gasteiger charge is -2.45. The van der Waals surface area contributed by atoms with Crippen LogP contribution < -0.4 is 26.2 Å². The van der Waals surface area contributed by atoms with E-state index in [0.717, 1.165) is 0 Å². The number of hydrogen-bond donors (Lipinski definition) is 0. The van der Waals surface area contributed by atoms with Crippen molar-refractivity contribution >= 4 is 57.2 Å². The van der Waals surface area contributed by atoms with Gasteiger partial charge in [-0.15, -0.1) is 0 Å². The van der Waals surface area contributed by atoms with Gasteiger partial charge < -0.3 is 9.80 Å². The first-order valence-corrected chi connectivity index (χ1v) is 29.7. The summed E-state index contributed by atoms with van der Waals surface area (Å²) < 4.78 is 0. The largest absolute Gasteiger partial charge is 0.311 e. The Kier molecular flexibility index (Phi) is 13.5. The molecule has 0 atom stereocenters. The summed E-state index contributed by atoms with van der Waals surface area (Å²) in [5.41, 5.74) is 28.7. The minimum Gasteiger partial charge on any atom is -0.311 e. The lowest BCUT2D eigenvalue weighted by Crippen LogP contribution is -2.61. The van der Waals surface area contributed by atoms with E-state index in [1.165, 1.54) is 128 Å². The zero-order valence-corrected chi connectivity index (χ0v) is 51.9. The molecule has 0 saturated carbocycles. The van der Waals surface area contributed by atoms with Crippen LogP contribution in [0.2, 0.25) is 0 Å². The Balaban J connectivity index is 1.26. The lowest BCUT2D eigenvalue weighted by molar-refractivity contribution is 0.568. The van der Waals surface area contributed by atoms with Gasteiger partial charge in [0.05, 0.1) is 11.4 Å². The van der Waals surface area contributed by atoms with Crippen molar-refractivity contribution in [2.24, 2.45) is 0 Å². The first-order chi connectivity index (χ1) is 38.0. The molecule has 2 aliphatic rings. The van der Waals surface area contributed by atoms with E-state index in [1.807, 2.05) is 0 Å². The summed E-state index contributed by atoms with van der Waals surface area (Å²) in [6.45, 7) is 42.1. The van der Waals surface area contributed by atoms with Gasteiger partial charge in [0.15, 0.2) is 0 Å². The zero-order chi connectivity index (χ0) is 57.9. The lowest BCUT2D eigenvalue weighted by atomic mass is 9.33. The van der Waals surface area contributed by atoms with Crippen LogP contribution in [0.3, 0.4) is 0 Å². The fourth-order valence-electron chi connectivity index (χ4n) is 12.7. The molecule has 2 nitrogen and oxygen atoms in total. The van der Waals surface area contributed by atoms with Crippen molar-refractivity contribution in [2.45, 2.75) is 157 Å². The molecule has 81 heavy (non-hydrogen) atoms. The van der Waals surface area contributed by atoms with E-state index in [0.29, 0.717) is 0 Å². The molecule has 2 heterocycles. The quantitative estimate of drug-likeness (QED) is 0.153. The summed E-state index contributed by atoms with van der Waals surface area (Å²) in [6.07, 6.45) is 0. The third kappa shape index (κ3) is 10.2. The van der Waals surface area contributed by atoms with Gasteiger partial charge in [0.2, 0.25) is 0 Å². The van der Waals surface area contributed by atoms with Gasteiger partial charge in [-0.25, -0.2) is 0 Å². The third-order valence-corrected chi connectivity index (χ3v) is 17.3. The summed E-state index contributed by atoms with van der Waals surface area (Å²) in [5.74, 6) is 0. The third-order valence-electron chi connectivity index (χ3n) is 17.3. The SMILES string of the molecule is CC(C)(C)c1cc(-c2ccccc2N2c3ccc(-c4ccccc4C(C)(C)C)cc3B3c4cc(-c5ccccc5C(C)(C)C)ccc4N(c4ccccc4-c4cc(C(C)(C)C)cc(C(C)(C)C)c4)c4cccc2c43)cc(C(C)(C)C)c1. The molecule has 0 fully saturated rings. The Bertz CT molecular complexity index is 3590. The number of hydrogen-bond acceptors (Lipinski definition) is 2. The second-order valence-electron chi connectivity index (χ2n) is 29.6. The maximum Gasteiger partial charge on any atom is 0.252 e. The first kappa shape index (κ1) is 55.5. The van der Waals surface area contributed by atoms with Crippen LogP contribution >= 0.6 is 0 Å². The molecule has 0 aliphatic carbocycles. The summed E-state index contributed by atoms with van der Waals surface area (Å²) >= 11 is 0. The predicted octanol–water partition coefficient (Wildman–Crippen LogP) is 20.2. The highest BCUT2D eigenvalue weighted by atomic mass is 15.2. The molecule has 9 aromatic rings. The molecule has 0 spiro atoms. The van der Waals surface area contributed by atoms with Gasteiger partial charge in [-0.2, -0.15) is 0 Å². The molecular formula is C78H85BN2. The summed E-state index contributed by atoms with van der Waals surface area (Å²) in [7, 11) is 0. The van der Waals surface area contributed by atoms with Gasteiger partial charge in [-0.05, 0) is 152 Å². The Labute approximate surface area is 487 Å². The molecule has 9 aromatic carbocycles. The van der Waals surface area contributed by atoms with Crippen LogP contribution in [0.1, 0.15) is 158 Å². The predicted molar refractivity (Wildman–Crippen MR) is 354 cm³/mol. The van der Waals surface area contributed by atoms with Crippen molar-refractivity contribution in [3.8, 4) is 44.5 Å². The van der Waals surface area contributed by atoms with Crippen LogP contribution in [0.4, 0.5) is 34.1 Å². The average Bonchev–Trinajstić information content (AvgIpc) is 1.43. The Morgan fingerprint density at radius 2 is 0.556 bits per heavy atom. The van der Waals surface area contributed by atoms with Crippen molar-refractivity contribution in [2.75, 3.05) is 9.80 Å². The van der Waals surface area contributed by atoms with E-state index in [2.05, 4.69) is 322 Å². The van der Waals surface area contributed by atoms with Gasteiger partial charge >= 0.3 is 0 Å². The number of benzene rings is 9. The summed E-state index contributed by atoms with van der Waals surface area (Å²) in [6, 6.07) is 73.1. The molecule has 0 N–H and O–H groups in total. The number of anilines is 6. The van der Waals surface area contributed by atoms with Gasteiger partial charge in [-0.3, -0.25) is 0 Å². The highest BCUT2D eigenvalue weighted by molar-refractivity contribution is 7.00. The summed E-state index contributed by atoms with van der Waals surface area (Å²) in [4.78, 5) is 5.24. The van der Waals surface area contributed by atoms with Gasteiger partial charge in [0.1, 0.15) is 0 Å². The molecular weight excluding hydrogens is 976 g/mol. The average molecular weight is 1060 g/mol. The van der Waals surface area contributed by atoms with Crippen LogP contribution in [0.15, 0.2) is 188 Å². The Hall–Kier alpha value is -7.36. The minimum atomic E-state index is -0.107. The molecule has 11 rings (SSSR count). The number of para-hydroxylation sites is 2. The van der Waals surface area contributed by atoms with Crippen LogP contribution in [0, 0.1) is 0 Å². The van der Waals surface area contributed by atoms with E-state index in [4.69, 9.17) is 0 Å². The standard InChI is InChI=1S/C78H85BN2/c1-73(2,3)54-42-52(43-55(48-54)74(4,5)6)60-30-21-25-34-66(60)80-68-40-38-50(58-28-19-23-32-62(58)77(13,14)15)46-64(68)79-65-47-51(59-29-20-24-33-63(59)78(16,17)18)39-41-69(65)81(71-37-27-36-70(80)72(71)79)67-35-26-22-31-61(67)53-44-56(75(7,8)9)49-57(45-53)76(10,11)12/h19-49H,1-18H3. The van der Waals surface area contributed by atoms with E-state index in [-0.39, 0.29) is 39.2 Å². The first-order valence-electron chi connectivity index (χ1n) is 29.7. The topological polar surface area (TPSA) is 6.48 Å². The molecule has 2 aliphatic heterocycles. The second-order valence-corrected chi connectivity index (χ2v) is 29.6. The molecule has 0 unspecified atom stereocenters. The van der Waals surface area contributed by atoms with Gasteiger partial charge in [0.25, 0.3) is 6.71 Å². The van der Waals surface area contributed by atoms with Crippen molar-refractivity contribution in [1.82, 2.24) is 0 Å². The molecule has 3 heteroatoms. The molecule has 0 radical (unpaired) electrons. The fraction of sp³-hybridized carbons (Fsp3) is 0.308. The Morgan fingerprint density at radius 3 is 0.889 bits per heavy atom. The smallest absolute Gasteiger partial charge is 0.252 e.